The molecule has 0 amide bonds. The molecule has 0 aliphatic heterocycles. The molecular weight excluding hydrogens is 448 g/mol. The molecule has 1 unspecified atom stereocenters. The Bertz CT molecular complexity index is 1100. The van der Waals surface area contributed by atoms with E-state index in [2.05, 4.69) is 4.98 Å². The molecule has 3 aromatic rings. The van der Waals surface area contributed by atoms with E-state index in [0.717, 1.165) is 11.1 Å². The standard InChI is InChI=1S/C25H28N2O5.Ca.2H/c1-3-23-26-21(18-8-6-5-7-9-18)16-24(28)27(23)14-15-32-20-12-10-19(11-13-20)22(31-4-2)17-25(29)30;;;/h5-13,16,22H,3-4,14-15,17H2,1-2H3,(H,29,30);;;/q;+2;2*-1. The molecule has 0 saturated heterocycles. The first-order valence-corrected chi connectivity index (χ1v) is 10.7. The van der Waals surface area contributed by atoms with E-state index in [9.17, 15) is 9.59 Å². The van der Waals surface area contributed by atoms with E-state index in [1.807, 2.05) is 44.2 Å². The van der Waals surface area contributed by atoms with Crippen molar-refractivity contribution in [3.63, 3.8) is 0 Å². The van der Waals surface area contributed by atoms with Gasteiger partial charge in [-0.15, -0.1) is 0 Å². The number of aromatic nitrogens is 2. The van der Waals surface area contributed by atoms with Gasteiger partial charge in [-0.25, -0.2) is 4.98 Å². The van der Waals surface area contributed by atoms with Gasteiger partial charge in [0.05, 0.1) is 24.8 Å². The van der Waals surface area contributed by atoms with E-state index >= 15 is 0 Å². The molecule has 0 radical (unpaired) electrons. The number of carboxylic acid groups (broad SMARTS) is 1. The average Bonchev–Trinajstić information content (AvgIpc) is 2.80. The number of benzene rings is 2. The van der Waals surface area contributed by atoms with Gasteiger partial charge in [-0.1, -0.05) is 49.4 Å². The maximum absolute atomic E-state index is 12.7. The van der Waals surface area contributed by atoms with Crippen molar-refractivity contribution in [1.29, 1.82) is 0 Å². The van der Waals surface area contributed by atoms with E-state index < -0.39 is 12.1 Å². The SMILES string of the molecule is CCOC(CC(=O)O)c1ccc(OCCn2c(CC)nc(-c3ccccc3)cc2=O)cc1.[Ca+2].[H-].[H-]. The molecule has 172 valence electrons. The molecule has 7 nitrogen and oxygen atoms in total. The minimum Gasteiger partial charge on any atom is -1.00 e. The zero-order valence-electron chi connectivity index (χ0n) is 21.1. The zero-order valence-corrected chi connectivity index (χ0v) is 21.3. The third-order valence-corrected chi connectivity index (χ3v) is 5.04. The Labute approximate surface area is 226 Å². The maximum atomic E-state index is 12.7. The minimum absolute atomic E-state index is 0. The Balaban J connectivity index is 0.00000385. The minimum atomic E-state index is -0.909. The number of ether oxygens (including phenoxy) is 2. The molecule has 1 heterocycles. The van der Waals surface area contributed by atoms with Crippen molar-refractivity contribution in [2.45, 2.75) is 39.3 Å². The molecule has 1 aromatic heterocycles. The molecule has 8 heteroatoms. The number of hydrogen-bond donors (Lipinski definition) is 1. The van der Waals surface area contributed by atoms with Gasteiger partial charge in [0.1, 0.15) is 18.2 Å². The van der Waals surface area contributed by atoms with Crippen LogP contribution in [-0.4, -0.2) is 71.6 Å². The number of nitrogens with zero attached hydrogens (tertiary/aromatic N) is 2. The Morgan fingerprint density at radius 1 is 1.12 bits per heavy atom. The fraction of sp³-hybridized carbons (Fsp3) is 0.320. The largest absolute Gasteiger partial charge is 2.00 e. The van der Waals surface area contributed by atoms with Gasteiger partial charge >= 0.3 is 43.7 Å². The predicted molar refractivity (Wildman–Crippen MR) is 130 cm³/mol. The summed E-state index contributed by atoms with van der Waals surface area (Å²) in [7, 11) is 0. The van der Waals surface area contributed by atoms with E-state index in [1.54, 1.807) is 34.9 Å². The summed E-state index contributed by atoms with van der Waals surface area (Å²) in [4.78, 5) is 28.4. The number of aryl methyl sites for hydroxylation is 1. The Morgan fingerprint density at radius 3 is 2.42 bits per heavy atom. The average molecular weight is 479 g/mol. The first-order valence-electron chi connectivity index (χ1n) is 10.7. The molecule has 0 bridgehead atoms. The van der Waals surface area contributed by atoms with Gasteiger partial charge in [-0.3, -0.25) is 14.2 Å². The second-order valence-electron chi connectivity index (χ2n) is 7.23. The van der Waals surface area contributed by atoms with Crippen molar-refractivity contribution in [3.8, 4) is 17.0 Å². The number of aliphatic carboxylic acids is 1. The van der Waals surface area contributed by atoms with Crippen molar-refractivity contribution >= 4 is 43.7 Å². The Hall–Kier alpha value is -2.19. The van der Waals surface area contributed by atoms with Crippen LogP contribution in [0.15, 0.2) is 65.5 Å². The van der Waals surface area contributed by atoms with Gasteiger partial charge in [0, 0.05) is 24.7 Å². The second-order valence-corrected chi connectivity index (χ2v) is 7.23. The normalized spacial score (nSPS) is 11.5. The summed E-state index contributed by atoms with van der Waals surface area (Å²) in [5, 5.41) is 9.06. The van der Waals surface area contributed by atoms with Crippen LogP contribution in [0.3, 0.4) is 0 Å². The maximum Gasteiger partial charge on any atom is 2.00 e. The molecule has 1 atom stereocenters. The van der Waals surface area contributed by atoms with Gasteiger partial charge in [0.25, 0.3) is 5.56 Å². The van der Waals surface area contributed by atoms with E-state index in [1.165, 1.54) is 0 Å². The number of carbonyl (C=O) groups is 1. The molecule has 2 aromatic carbocycles. The van der Waals surface area contributed by atoms with Gasteiger partial charge in [0.2, 0.25) is 0 Å². The first kappa shape index (κ1) is 27.1. The molecule has 1 N–H and O–H groups in total. The fourth-order valence-corrected chi connectivity index (χ4v) is 3.49. The number of carboxylic acids is 1. The van der Waals surface area contributed by atoms with E-state index in [0.29, 0.717) is 43.4 Å². The molecule has 33 heavy (non-hydrogen) atoms. The van der Waals surface area contributed by atoms with Crippen molar-refractivity contribution in [1.82, 2.24) is 9.55 Å². The Morgan fingerprint density at radius 2 is 1.82 bits per heavy atom. The van der Waals surface area contributed by atoms with Crippen LogP contribution in [0.1, 0.15) is 40.6 Å². The molecule has 0 saturated carbocycles. The van der Waals surface area contributed by atoms with Crippen LogP contribution in [-0.2, 0) is 22.5 Å². The summed E-state index contributed by atoms with van der Waals surface area (Å²) in [5.41, 5.74) is 2.26. The van der Waals surface area contributed by atoms with Crippen molar-refractivity contribution in [3.05, 3.63) is 82.4 Å². The third kappa shape index (κ3) is 7.67. The molecule has 3 rings (SSSR count). The Kier molecular flexibility index (Phi) is 11.1. The van der Waals surface area contributed by atoms with Crippen molar-refractivity contribution in [2.24, 2.45) is 0 Å². The van der Waals surface area contributed by atoms with Crippen molar-refractivity contribution < 1.29 is 22.2 Å². The molecule has 0 fully saturated rings. The predicted octanol–water partition coefficient (Wildman–Crippen LogP) is 3.95. The van der Waals surface area contributed by atoms with Gasteiger partial charge < -0.3 is 17.4 Å². The van der Waals surface area contributed by atoms with Crippen LogP contribution in [0.2, 0.25) is 0 Å². The fourth-order valence-electron chi connectivity index (χ4n) is 3.49. The summed E-state index contributed by atoms with van der Waals surface area (Å²) in [5.74, 6) is 0.440. The van der Waals surface area contributed by atoms with Crippen LogP contribution in [0, 0.1) is 0 Å². The molecule has 0 aliphatic carbocycles. The molecule has 0 spiro atoms. The molecular formula is C25H30CaN2O5. The van der Waals surface area contributed by atoms with Crippen LogP contribution >= 0.6 is 0 Å². The van der Waals surface area contributed by atoms with Gasteiger partial charge in [-0.2, -0.15) is 0 Å². The van der Waals surface area contributed by atoms with Gasteiger partial charge in [-0.05, 0) is 24.6 Å². The van der Waals surface area contributed by atoms with Crippen LogP contribution in [0.25, 0.3) is 11.3 Å². The van der Waals surface area contributed by atoms with E-state index in [-0.39, 0.29) is 52.6 Å². The van der Waals surface area contributed by atoms with E-state index in [4.69, 9.17) is 14.6 Å². The number of hydrogen-bond acceptors (Lipinski definition) is 5. The van der Waals surface area contributed by atoms with Crippen LogP contribution < -0.4 is 10.3 Å². The monoisotopic (exact) mass is 478 g/mol. The summed E-state index contributed by atoms with van der Waals surface area (Å²) >= 11 is 0. The van der Waals surface area contributed by atoms with Crippen molar-refractivity contribution in [2.75, 3.05) is 13.2 Å². The smallest absolute Gasteiger partial charge is 1.00 e. The van der Waals surface area contributed by atoms with Gasteiger partial charge in [0.15, 0.2) is 0 Å². The third-order valence-electron chi connectivity index (χ3n) is 5.04. The summed E-state index contributed by atoms with van der Waals surface area (Å²) in [6, 6.07) is 18.4. The summed E-state index contributed by atoms with van der Waals surface area (Å²) in [6.07, 6.45) is 0.0434. The van der Waals surface area contributed by atoms with Crippen LogP contribution in [0.4, 0.5) is 0 Å². The zero-order chi connectivity index (χ0) is 22.9. The summed E-state index contributed by atoms with van der Waals surface area (Å²) in [6.45, 7) is 4.93. The second kappa shape index (κ2) is 13.5. The summed E-state index contributed by atoms with van der Waals surface area (Å²) < 4.78 is 13.0. The topological polar surface area (TPSA) is 90.7 Å². The number of rotatable bonds is 11. The van der Waals surface area contributed by atoms with Crippen LogP contribution in [0.5, 0.6) is 5.75 Å². The first-order chi connectivity index (χ1) is 15.5. The quantitative estimate of drug-likeness (QED) is 0.420. The molecule has 0 aliphatic rings.